The monoisotopic (exact) mass is 384 g/mol. The van der Waals surface area contributed by atoms with Gasteiger partial charge in [-0.2, -0.15) is 14.9 Å². The number of aryl methyl sites for hydroxylation is 1. The summed E-state index contributed by atoms with van der Waals surface area (Å²) < 4.78 is 1.73. The SMILES string of the molecule is CC=Nc1ccc(Sc2nnc3ccc(-c4cccc(C#N)c4)nn23)cc1C. The Balaban J connectivity index is 1.70. The van der Waals surface area contributed by atoms with Crippen LogP contribution in [0.3, 0.4) is 0 Å². The van der Waals surface area contributed by atoms with Crippen molar-refractivity contribution in [2.24, 2.45) is 4.99 Å². The molecule has 0 atom stereocenters. The van der Waals surface area contributed by atoms with Gasteiger partial charge in [0.1, 0.15) is 0 Å². The predicted molar refractivity (Wildman–Crippen MR) is 110 cm³/mol. The third-order valence-corrected chi connectivity index (χ3v) is 5.09. The van der Waals surface area contributed by atoms with Crippen molar-refractivity contribution in [1.82, 2.24) is 19.8 Å². The summed E-state index contributed by atoms with van der Waals surface area (Å²) in [6.07, 6.45) is 1.79. The van der Waals surface area contributed by atoms with Crippen LogP contribution in [0.15, 0.2) is 69.6 Å². The Morgan fingerprint density at radius 2 is 2.00 bits per heavy atom. The Morgan fingerprint density at radius 1 is 1.11 bits per heavy atom. The molecule has 0 saturated heterocycles. The summed E-state index contributed by atoms with van der Waals surface area (Å²) in [6, 6.07) is 19.4. The van der Waals surface area contributed by atoms with E-state index in [4.69, 9.17) is 5.26 Å². The molecule has 6 nitrogen and oxygen atoms in total. The Hall–Kier alpha value is -3.50. The van der Waals surface area contributed by atoms with Crippen molar-refractivity contribution in [3.05, 3.63) is 65.7 Å². The van der Waals surface area contributed by atoms with Gasteiger partial charge in [-0.1, -0.05) is 12.1 Å². The molecule has 0 spiro atoms. The molecule has 0 bridgehead atoms. The predicted octanol–water partition coefficient (Wildman–Crippen LogP) is 4.84. The van der Waals surface area contributed by atoms with Gasteiger partial charge in [0.05, 0.1) is 23.0 Å². The van der Waals surface area contributed by atoms with E-state index in [9.17, 15) is 0 Å². The Bertz CT molecular complexity index is 1240. The molecule has 2 aromatic carbocycles. The zero-order chi connectivity index (χ0) is 19.5. The summed E-state index contributed by atoms with van der Waals surface area (Å²) in [4.78, 5) is 5.39. The van der Waals surface area contributed by atoms with Gasteiger partial charge in [0, 0.05) is 16.7 Å². The fourth-order valence-electron chi connectivity index (χ4n) is 2.82. The number of aliphatic imine (C=N–C) groups is 1. The molecule has 0 saturated carbocycles. The second kappa shape index (κ2) is 7.62. The standard InChI is InChI=1S/C21H16N6S/c1-3-23-18-8-7-17(11-14(18)2)28-21-25-24-20-10-9-19(26-27(20)21)16-6-4-5-15(12-16)13-22/h3-12H,1-2H3. The van der Waals surface area contributed by atoms with E-state index in [0.717, 1.165) is 27.4 Å². The summed E-state index contributed by atoms with van der Waals surface area (Å²) in [5.41, 5.74) is 4.96. The number of rotatable bonds is 4. The highest BCUT2D eigenvalue weighted by Gasteiger charge is 2.11. The average Bonchev–Trinajstić information content (AvgIpc) is 3.12. The number of nitriles is 1. The van der Waals surface area contributed by atoms with E-state index in [1.54, 1.807) is 16.8 Å². The molecule has 0 aliphatic heterocycles. The van der Waals surface area contributed by atoms with Crippen LogP contribution in [0.25, 0.3) is 16.9 Å². The Labute approximate surface area is 166 Å². The minimum absolute atomic E-state index is 0.600. The molecule has 0 amide bonds. The first-order chi connectivity index (χ1) is 13.7. The number of aromatic nitrogens is 4. The van der Waals surface area contributed by atoms with Crippen LogP contribution in [0.2, 0.25) is 0 Å². The molecule has 7 heteroatoms. The fourth-order valence-corrected chi connectivity index (χ4v) is 3.70. The lowest BCUT2D eigenvalue weighted by Gasteiger charge is -2.05. The molecule has 2 aromatic heterocycles. The first-order valence-electron chi connectivity index (χ1n) is 8.68. The van der Waals surface area contributed by atoms with Crippen LogP contribution in [0.5, 0.6) is 0 Å². The van der Waals surface area contributed by atoms with Crippen molar-refractivity contribution in [1.29, 1.82) is 5.26 Å². The smallest absolute Gasteiger partial charge is 0.217 e. The third kappa shape index (κ3) is 3.50. The van der Waals surface area contributed by atoms with E-state index < -0.39 is 0 Å². The maximum Gasteiger partial charge on any atom is 0.217 e. The fraction of sp³-hybridized carbons (Fsp3) is 0.0952. The number of benzene rings is 2. The zero-order valence-corrected chi connectivity index (χ0v) is 16.2. The summed E-state index contributed by atoms with van der Waals surface area (Å²) in [7, 11) is 0. The number of hydrogen-bond acceptors (Lipinski definition) is 6. The molecule has 2 heterocycles. The molecule has 28 heavy (non-hydrogen) atoms. The zero-order valence-electron chi connectivity index (χ0n) is 15.4. The summed E-state index contributed by atoms with van der Waals surface area (Å²) in [5.74, 6) is 0. The molecule has 4 aromatic rings. The van der Waals surface area contributed by atoms with E-state index in [2.05, 4.69) is 32.4 Å². The topological polar surface area (TPSA) is 79.2 Å². The summed E-state index contributed by atoms with van der Waals surface area (Å²) in [5, 5.41) is 23.0. The van der Waals surface area contributed by atoms with Gasteiger partial charge in [0.2, 0.25) is 5.16 Å². The second-order valence-corrected chi connectivity index (χ2v) is 7.14. The number of fused-ring (bicyclic) bond motifs is 1. The molecule has 0 fully saturated rings. The minimum Gasteiger partial charge on any atom is -0.261 e. The van der Waals surface area contributed by atoms with E-state index in [0.29, 0.717) is 16.4 Å². The minimum atomic E-state index is 0.600. The molecule has 0 N–H and O–H groups in total. The van der Waals surface area contributed by atoms with Gasteiger partial charge >= 0.3 is 0 Å². The van der Waals surface area contributed by atoms with Gasteiger partial charge < -0.3 is 0 Å². The summed E-state index contributed by atoms with van der Waals surface area (Å²) >= 11 is 1.50. The Morgan fingerprint density at radius 3 is 2.79 bits per heavy atom. The van der Waals surface area contributed by atoms with Gasteiger partial charge in [0.15, 0.2) is 5.65 Å². The highest BCUT2D eigenvalue weighted by Crippen LogP contribution is 2.30. The highest BCUT2D eigenvalue weighted by molar-refractivity contribution is 7.99. The molecule has 0 aliphatic carbocycles. The van der Waals surface area contributed by atoms with Gasteiger partial charge in [0.25, 0.3) is 0 Å². The second-order valence-electron chi connectivity index (χ2n) is 6.10. The largest absolute Gasteiger partial charge is 0.261 e. The van der Waals surface area contributed by atoms with E-state index in [-0.39, 0.29) is 0 Å². The maximum atomic E-state index is 9.12. The van der Waals surface area contributed by atoms with Crippen LogP contribution in [-0.4, -0.2) is 26.0 Å². The molecule has 0 radical (unpaired) electrons. The normalized spacial score (nSPS) is 11.2. The highest BCUT2D eigenvalue weighted by atomic mass is 32.2. The van der Waals surface area contributed by atoms with Gasteiger partial charge in [-0.05, 0) is 73.6 Å². The molecular weight excluding hydrogens is 368 g/mol. The lowest BCUT2D eigenvalue weighted by atomic mass is 10.1. The molecule has 0 aliphatic rings. The molecule has 136 valence electrons. The molecule has 0 unspecified atom stereocenters. The van der Waals surface area contributed by atoms with Crippen LogP contribution < -0.4 is 0 Å². The first-order valence-corrected chi connectivity index (χ1v) is 9.50. The van der Waals surface area contributed by atoms with Crippen molar-refractivity contribution < 1.29 is 0 Å². The Kier molecular flexibility index (Phi) is 4.87. The van der Waals surface area contributed by atoms with Crippen molar-refractivity contribution in [3.63, 3.8) is 0 Å². The van der Waals surface area contributed by atoms with Crippen LogP contribution in [-0.2, 0) is 0 Å². The van der Waals surface area contributed by atoms with Crippen molar-refractivity contribution in [2.75, 3.05) is 0 Å². The third-order valence-electron chi connectivity index (χ3n) is 4.17. The average molecular weight is 384 g/mol. The first kappa shape index (κ1) is 17.9. The van der Waals surface area contributed by atoms with Crippen molar-refractivity contribution in [3.8, 4) is 17.3 Å². The van der Waals surface area contributed by atoms with E-state index >= 15 is 0 Å². The quantitative estimate of drug-likeness (QED) is 0.470. The van der Waals surface area contributed by atoms with Crippen molar-refractivity contribution in [2.45, 2.75) is 23.9 Å². The summed E-state index contributed by atoms with van der Waals surface area (Å²) in [6.45, 7) is 3.94. The van der Waals surface area contributed by atoms with E-state index in [1.165, 1.54) is 11.8 Å². The van der Waals surface area contributed by atoms with Gasteiger partial charge in [-0.15, -0.1) is 10.2 Å². The van der Waals surface area contributed by atoms with Gasteiger partial charge in [-0.25, -0.2) is 0 Å². The molecular formula is C21H16N6S. The maximum absolute atomic E-state index is 9.12. The number of nitrogens with zero attached hydrogens (tertiary/aromatic N) is 6. The van der Waals surface area contributed by atoms with Crippen LogP contribution in [0.1, 0.15) is 18.1 Å². The van der Waals surface area contributed by atoms with Crippen LogP contribution >= 0.6 is 11.8 Å². The van der Waals surface area contributed by atoms with E-state index in [1.807, 2.05) is 56.3 Å². The van der Waals surface area contributed by atoms with Crippen LogP contribution in [0, 0.1) is 18.3 Å². The lowest BCUT2D eigenvalue weighted by molar-refractivity contribution is 0.813. The van der Waals surface area contributed by atoms with Gasteiger partial charge in [-0.3, -0.25) is 4.99 Å². The lowest BCUT2D eigenvalue weighted by Crippen LogP contribution is -1.96. The molecule has 4 rings (SSSR count). The van der Waals surface area contributed by atoms with Crippen LogP contribution in [0.4, 0.5) is 5.69 Å². The van der Waals surface area contributed by atoms with Crippen molar-refractivity contribution >= 4 is 29.3 Å². The number of hydrogen-bond donors (Lipinski definition) is 0.